The maximum atomic E-state index is 11.8. The number of allylic oxidation sites excluding steroid dienone is 6. The molecule has 0 N–H and O–H groups in total. The summed E-state index contributed by atoms with van der Waals surface area (Å²) in [6, 6.07) is 2.88. The van der Waals surface area contributed by atoms with Gasteiger partial charge in [-0.2, -0.15) is 0 Å². The van der Waals surface area contributed by atoms with Crippen LogP contribution < -0.4 is 10.2 Å². The third-order valence-corrected chi connectivity index (χ3v) is 3.30. The van der Waals surface area contributed by atoms with E-state index in [2.05, 4.69) is 36.1 Å². The zero-order chi connectivity index (χ0) is 16.3. The van der Waals surface area contributed by atoms with Crippen molar-refractivity contribution in [1.29, 1.82) is 0 Å². The first-order valence-electron chi connectivity index (χ1n) is 8.04. The van der Waals surface area contributed by atoms with Gasteiger partial charge in [-0.05, 0) is 18.9 Å². The summed E-state index contributed by atoms with van der Waals surface area (Å²) in [5, 5.41) is 0. The van der Waals surface area contributed by atoms with Gasteiger partial charge in [0.15, 0.2) is 5.43 Å². The van der Waals surface area contributed by atoms with E-state index in [0.717, 1.165) is 31.4 Å². The first kappa shape index (κ1) is 16.9. The first-order valence-corrected chi connectivity index (χ1v) is 8.04. The molecule has 1 aromatic rings. The second-order valence-corrected chi connectivity index (χ2v) is 5.18. The summed E-state index contributed by atoms with van der Waals surface area (Å²) < 4.78 is 11.4. The third-order valence-electron chi connectivity index (χ3n) is 3.30. The second-order valence-electron chi connectivity index (χ2n) is 5.18. The van der Waals surface area contributed by atoms with Gasteiger partial charge in [-0.25, -0.2) is 0 Å². The van der Waals surface area contributed by atoms with Gasteiger partial charge >= 0.3 is 0 Å². The number of hydrogen-bond acceptors (Lipinski definition) is 3. The molecule has 0 radical (unpaired) electrons. The maximum absolute atomic E-state index is 11.8. The van der Waals surface area contributed by atoms with Gasteiger partial charge in [-0.15, -0.1) is 5.92 Å². The van der Waals surface area contributed by atoms with Crippen LogP contribution in [-0.4, -0.2) is 0 Å². The van der Waals surface area contributed by atoms with Crippen molar-refractivity contribution < 1.29 is 9.15 Å². The van der Waals surface area contributed by atoms with Crippen molar-refractivity contribution in [3.05, 3.63) is 64.3 Å². The molecule has 1 aliphatic rings. The van der Waals surface area contributed by atoms with Crippen molar-refractivity contribution in [3.63, 3.8) is 0 Å². The minimum Gasteiger partial charge on any atom is -0.431 e. The van der Waals surface area contributed by atoms with Gasteiger partial charge in [0.25, 0.3) is 5.95 Å². The molecule has 0 atom stereocenters. The average molecular weight is 310 g/mol. The summed E-state index contributed by atoms with van der Waals surface area (Å²) in [5.41, 5.74) is -0.106. The summed E-state index contributed by atoms with van der Waals surface area (Å²) in [5.74, 6) is 7.85. The van der Waals surface area contributed by atoms with Crippen molar-refractivity contribution in [2.24, 2.45) is 0 Å². The molecule has 2 heterocycles. The van der Waals surface area contributed by atoms with E-state index in [1.165, 1.54) is 12.1 Å². The molecule has 0 saturated carbocycles. The molecule has 0 fully saturated rings. The molecule has 3 nitrogen and oxygen atoms in total. The largest absolute Gasteiger partial charge is 0.431 e. The summed E-state index contributed by atoms with van der Waals surface area (Å²) in [7, 11) is 0. The Morgan fingerprint density at radius 2 is 1.91 bits per heavy atom. The monoisotopic (exact) mass is 310 g/mol. The molecule has 23 heavy (non-hydrogen) atoms. The Morgan fingerprint density at radius 1 is 1.09 bits per heavy atom. The molecular formula is C20H22O3. The van der Waals surface area contributed by atoms with Crippen LogP contribution in [0.5, 0.6) is 5.95 Å². The molecule has 2 bridgehead atoms. The average Bonchev–Trinajstić information content (AvgIpc) is 2.53. The van der Waals surface area contributed by atoms with E-state index in [0.29, 0.717) is 18.6 Å². The summed E-state index contributed by atoms with van der Waals surface area (Å²) in [6.07, 6.45) is 14.9. The van der Waals surface area contributed by atoms with Crippen molar-refractivity contribution in [2.75, 3.05) is 0 Å². The Bertz CT molecular complexity index is 708. The molecule has 0 aromatic carbocycles. The number of ether oxygens (including phenoxy) is 1. The predicted molar refractivity (Wildman–Crippen MR) is 92.2 cm³/mol. The minimum absolute atomic E-state index is 0.106. The van der Waals surface area contributed by atoms with E-state index in [9.17, 15) is 4.79 Å². The molecule has 0 unspecified atom stereocenters. The fraction of sp³-hybridized carbons (Fsp3) is 0.350. The lowest BCUT2D eigenvalue weighted by Crippen LogP contribution is -2.03. The van der Waals surface area contributed by atoms with Crippen molar-refractivity contribution in [2.45, 2.75) is 45.4 Å². The van der Waals surface area contributed by atoms with E-state index in [4.69, 9.17) is 9.15 Å². The van der Waals surface area contributed by atoms with Gasteiger partial charge in [-0.3, -0.25) is 4.79 Å². The quantitative estimate of drug-likeness (QED) is 0.564. The summed E-state index contributed by atoms with van der Waals surface area (Å²) >= 11 is 0. The van der Waals surface area contributed by atoms with Crippen LogP contribution in [0.1, 0.15) is 44.8 Å². The number of aryl methyl sites for hydroxylation is 1. The Morgan fingerprint density at radius 3 is 2.78 bits per heavy atom. The standard InChI is InChI=1S/C20H22O3/c1-2-18-13-11-9-7-5-3-4-6-8-10-12-14-19-15-17(21)16-20(22-18)23-19/h3-4,7,9,13,15-16H,2,5-6,11-12,14H2,1H3/b4-3-,9-7-,18-13+. The molecule has 2 rings (SSSR count). The summed E-state index contributed by atoms with van der Waals surface area (Å²) in [6.45, 7) is 2.01. The van der Waals surface area contributed by atoms with Crippen LogP contribution in [0.15, 0.2) is 57.5 Å². The lowest BCUT2D eigenvalue weighted by molar-refractivity contribution is 0.285. The van der Waals surface area contributed by atoms with E-state index >= 15 is 0 Å². The maximum Gasteiger partial charge on any atom is 0.293 e. The SMILES string of the molecule is CC/C1=C\C/C=C\C/C=C\CC#CCCc2cc(=O)cc(o2)O1. The van der Waals surface area contributed by atoms with Crippen molar-refractivity contribution in [1.82, 2.24) is 0 Å². The minimum atomic E-state index is -0.106. The van der Waals surface area contributed by atoms with E-state index in [-0.39, 0.29) is 11.4 Å². The highest BCUT2D eigenvalue weighted by molar-refractivity contribution is 5.15. The van der Waals surface area contributed by atoms with Gasteiger partial charge in [-0.1, -0.05) is 37.1 Å². The number of rotatable bonds is 1. The molecule has 1 aliphatic heterocycles. The lowest BCUT2D eigenvalue weighted by Gasteiger charge is -2.08. The smallest absolute Gasteiger partial charge is 0.293 e. The van der Waals surface area contributed by atoms with Crippen LogP contribution in [0.25, 0.3) is 0 Å². The van der Waals surface area contributed by atoms with Crippen molar-refractivity contribution in [3.8, 4) is 17.8 Å². The van der Waals surface area contributed by atoms with Crippen LogP contribution in [0.2, 0.25) is 0 Å². The van der Waals surface area contributed by atoms with Gasteiger partial charge in [0.05, 0.1) is 6.07 Å². The molecule has 0 saturated heterocycles. The topological polar surface area (TPSA) is 39.4 Å². The highest BCUT2D eigenvalue weighted by atomic mass is 16.6. The molecule has 1 aromatic heterocycles. The predicted octanol–water partition coefficient (Wildman–Crippen LogP) is 4.54. The second kappa shape index (κ2) is 9.53. The fourth-order valence-electron chi connectivity index (χ4n) is 2.12. The van der Waals surface area contributed by atoms with Gasteiger partial charge in [0.2, 0.25) is 0 Å². The molecule has 0 spiro atoms. The van der Waals surface area contributed by atoms with E-state index in [1.807, 2.05) is 13.0 Å². The highest BCUT2D eigenvalue weighted by Crippen LogP contribution is 2.17. The molecular weight excluding hydrogens is 288 g/mol. The zero-order valence-corrected chi connectivity index (χ0v) is 13.5. The van der Waals surface area contributed by atoms with Crippen LogP contribution in [0, 0.1) is 11.8 Å². The Balaban J connectivity index is 2.22. The van der Waals surface area contributed by atoms with Crippen molar-refractivity contribution >= 4 is 0 Å². The molecule has 0 aliphatic carbocycles. The number of fused-ring (bicyclic) bond motifs is 2. The van der Waals surface area contributed by atoms with Crippen LogP contribution >= 0.6 is 0 Å². The normalized spacial score (nSPS) is 20.8. The highest BCUT2D eigenvalue weighted by Gasteiger charge is 2.05. The lowest BCUT2D eigenvalue weighted by atomic mass is 10.2. The van der Waals surface area contributed by atoms with Gasteiger partial charge in [0.1, 0.15) is 11.5 Å². The Kier molecular flexibility index (Phi) is 7.00. The van der Waals surface area contributed by atoms with E-state index in [1.54, 1.807) is 0 Å². The fourth-order valence-corrected chi connectivity index (χ4v) is 2.12. The van der Waals surface area contributed by atoms with Crippen LogP contribution in [0.4, 0.5) is 0 Å². The summed E-state index contributed by atoms with van der Waals surface area (Å²) in [4.78, 5) is 11.8. The number of hydrogen-bond donors (Lipinski definition) is 0. The van der Waals surface area contributed by atoms with Gasteiger partial charge in [0, 0.05) is 31.7 Å². The van der Waals surface area contributed by atoms with Crippen LogP contribution in [0.3, 0.4) is 0 Å². The Hall–Kier alpha value is -2.47. The molecule has 0 amide bonds. The first-order chi connectivity index (χ1) is 11.3. The Labute approximate surface area is 137 Å². The zero-order valence-electron chi connectivity index (χ0n) is 13.5. The molecule has 3 heteroatoms. The van der Waals surface area contributed by atoms with Crippen LogP contribution in [-0.2, 0) is 6.42 Å². The van der Waals surface area contributed by atoms with Gasteiger partial charge < -0.3 is 9.15 Å². The van der Waals surface area contributed by atoms with E-state index < -0.39 is 0 Å². The third kappa shape index (κ3) is 6.44. The molecule has 120 valence electrons.